The summed E-state index contributed by atoms with van der Waals surface area (Å²) in [6.07, 6.45) is 0.786. The molecule has 4 rings (SSSR count). The van der Waals surface area contributed by atoms with Gasteiger partial charge in [-0.3, -0.25) is 10.1 Å². The Balaban J connectivity index is 1.47. The Bertz CT molecular complexity index is 1320. The van der Waals surface area contributed by atoms with Gasteiger partial charge in [0.2, 0.25) is 0 Å². The zero-order chi connectivity index (χ0) is 24.5. The summed E-state index contributed by atoms with van der Waals surface area (Å²) in [6, 6.07) is 9.22. The van der Waals surface area contributed by atoms with Gasteiger partial charge >= 0.3 is 0 Å². The zero-order valence-corrected chi connectivity index (χ0v) is 20.8. The van der Waals surface area contributed by atoms with Crippen LogP contribution < -0.4 is 14.4 Å². The number of anilines is 1. The summed E-state index contributed by atoms with van der Waals surface area (Å²) in [6.45, 7) is 1.02. The summed E-state index contributed by atoms with van der Waals surface area (Å²) < 4.78 is 36.8. The number of rotatable bonds is 7. The van der Waals surface area contributed by atoms with Gasteiger partial charge in [0, 0.05) is 30.1 Å². The molecule has 34 heavy (non-hydrogen) atoms. The molecule has 0 N–H and O–H groups in total. The van der Waals surface area contributed by atoms with Crippen LogP contribution in [0.15, 0.2) is 46.7 Å². The summed E-state index contributed by atoms with van der Waals surface area (Å²) >= 11 is 7.32. The third-order valence-corrected chi connectivity index (χ3v) is 9.25. The Kier molecular flexibility index (Phi) is 6.96. The average molecular weight is 524 g/mol. The van der Waals surface area contributed by atoms with Crippen LogP contribution in [0.3, 0.4) is 0 Å². The van der Waals surface area contributed by atoms with E-state index in [0.29, 0.717) is 37.4 Å². The lowest BCUT2D eigenvalue weighted by molar-refractivity contribution is -0.384. The summed E-state index contributed by atoms with van der Waals surface area (Å²) in [5.41, 5.74) is 1.27. The van der Waals surface area contributed by atoms with Crippen molar-refractivity contribution in [2.75, 3.05) is 32.2 Å². The van der Waals surface area contributed by atoms with Crippen molar-refractivity contribution in [1.82, 2.24) is 4.98 Å². The second kappa shape index (κ2) is 9.77. The number of halogens is 1. The van der Waals surface area contributed by atoms with Gasteiger partial charge < -0.3 is 14.4 Å². The number of hydrogen-bond acceptors (Lipinski definition) is 9. The van der Waals surface area contributed by atoms with Gasteiger partial charge in [-0.05, 0) is 43.2 Å². The van der Waals surface area contributed by atoms with Crippen LogP contribution in [0.1, 0.15) is 12.8 Å². The first kappa shape index (κ1) is 24.2. The monoisotopic (exact) mass is 523 g/mol. The van der Waals surface area contributed by atoms with E-state index in [1.165, 1.54) is 23.5 Å². The molecule has 1 aliphatic heterocycles. The summed E-state index contributed by atoms with van der Waals surface area (Å²) in [7, 11) is -0.567. The van der Waals surface area contributed by atoms with E-state index in [9.17, 15) is 18.5 Å². The lowest BCUT2D eigenvalue weighted by atomic mass is 10.1. The minimum Gasteiger partial charge on any atom is -0.493 e. The van der Waals surface area contributed by atoms with E-state index in [2.05, 4.69) is 4.90 Å². The van der Waals surface area contributed by atoms with E-state index in [4.69, 9.17) is 26.1 Å². The van der Waals surface area contributed by atoms with Gasteiger partial charge in [0.1, 0.15) is 5.02 Å². The fourth-order valence-electron chi connectivity index (χ4n) is 3.90. The Morgan fingerprint density at radius 3 is 2.47 bits per heavy atom. The Labute approximate surface area is 206 Å². The van der Waals surface area contributed by atoms with Crippen molar-refractivity contribution >= 4 is 43.6 Å². The number of ether oxygens (including phenoxy) is 2. The SMILES string of the molecule is COc1ccc(-c2csc(N3CCC(S(=O)(=O)c4ccc(Cl)c([N+](=O)[O-])c4)CC3)n2)cc1OC. The third kappa shape index (κ3) is 4.68. The first-order valence-electron chi connectivity index (χ1n) is 10.3. The van der Waals surface area contributed by atoms with E-state index < -0.39 is 25.7 Å². The first-order chi connectivity index (χ1) is 16.2. The normalized spacial score (nSPS) is 14.7. The van der Waals surface area contributed by atoms with E-state index in [1.54, 1.807) is 14.2 Å². The Morgan fingerprint density at radius 2 is 1.82 bits per heavy atom. The summed E-state index contributed by atoms with van der Waals surface area (Å²) in [5, 5.41) is 13.2. The molecule has 2 heterocycles. The quantitative estimate of drug-likeness (QED) is 0.319. The van der Waals surface area contributed by atoms with Crippen molar-refractivity contribution < 1.29 is 22.8 Å². The average Bonchev–Trinajstić information content (AvgIpc) is 3.34. The van der Waals surface area contributed by atoms with E-state index >= 15 is 0 Å². The molecule has 180 valence electrons. The van der Waals surface area contributed by atoms with Gasteiger partial charge in [-0.1, -0.05) is 11.6 Å². The van der Waals surface area contributed by atoms with Crippen molar-refractivity contribution in [2.24, 2.45) is 0 Å². The van der Waals surface area contributed by atoms with Crippen LogP contribution in [0, 0.1) is 10.1 Å². The van der Waals surface area contributed by atoms with Crippen molar-refractivity contribution in [3.8, 4) is 22.8 Å². The van der Waals surface area contributed by atoms with Crippen molar-refractivity contribution in [3.63, 3.8) is 0 Å². The molecule has 0 spiro atoms. The van der Waals surface area contributed by atoms with Gasteiger partial charge in [-0.2, -0.15) is 0 Å². The highest BCUT2D eigenvalue weighted by Crippen LogP contribution is 2.36. The second-order valence-corrected chi connectivity index (χ2v) is 11.2. The molecule has 1 fully saturated rings. The molecule has 1 aliphatic rings. The Morgan fingerprint density at radius 1 is 1.12 bits per heavy atom. The maximum absolute atomic E-state index is 13.1. The fourth-order valence-corrected chi connectivity index (χ4v) is 6.72. The lowest BCUT2D eigenvalue weighted by Gasteiger charge is -2.31. The van der Waals surface area contributed by atoms with Crippen LogP contribution in [0.2, 0.25) is 5.02 Å². The highest BCUT2D eigenvalue weighted by molar-refractivity contribution is 7.92. The number of hydrogen-bond donors (Lipinski definition) is 0. The smallest absolute Gasteiger partial charge is 0.289 e. The molecule has 1 aromatic heterocycles. The molecule has 1 saturated heterocycles. The number of aromatic nitrogens is 1. The number of nitro groups is 1. The van der Waals surface area contributed by atoms with E-state index in [-0.39, 0.29) is 9.92 Å². The van der Waals surface area contributed by atoms with Crippen LogP contribution in [-0.2, 0) is 9.84 Å². The van der Waals surface area contributed by atoms with Crippen LogP contribution in [0.4, 0.5) is 10.8 Å². The van der Waals surface area contributed by atoms with Gasteiger partial charge in [0.05, 0.1) is 35.0 Å². The fraction of sp³-hybridized carbons (Fsp3) is 0.318. The third-order valence-electron chi connectivity index (χ3n) is 5.77. The molecule has 0 atom stereocenters. The predicted octanol–water partition coefficient (Wildman–Crippen LogP) is 4.83. The molecule has 2 aromatic carbocycles. The van der Waals surface area contributed by atoms with Crippen molar-refractivity contribution in [2.45, 2.75) is 23.0 Å². The number of nitrogens with zero attached hydrogens (tertiary/aromatic N) is 3. The largest absolute Gasteiger partial charge is 0.493 e. The highest BCUT2D eigenvalue weighted by Gasteiger charge is 2.33. The highest BCUT2D eigenvalue weighted by atomic mass is 35.5. The van der Waals surface area contributed by atoms with Gasteiger partial charge in [-0.25, -0.2) is 13.4 Å². The van der Waals surface area contributed by atoms with E-state index in [1.807, 2.05) is 23.6 Å². The van der Waals surface area contributed by atoms with Crippen molar-refractivity contribution in [1.29, 1.82) is 0 Å². The van der Waals surface area contributed by atoms with E-state index in [0.717, 1.165) is 22.5 Å². The molecular formula is C22H22ClN3O6S2. The Hall–Kier alpha value is -2.89. The van der Waals surface area contributed by atoms with Crippen LogP contribution in [0.25, 0.3) is 11.3 Å². The summed E-state index contributed by atoms with van der Waals surface area (Å²) in [5.74, 6) is 1.25. The summed E-state index contributed by atoms with van der Waals surface area (Å²) in [4.78, 5) is 17.2. The number of methoxy groups -OCH3 is 2. The maximum Gasteiger partial charge on any atom is 0.289 e. The molecule has 0 radical (unpaired) electrons. The minimum atomic E-state index is -3.73. The topological polar surface area (TPSA) is 112 Å². The molecular weight excluding hydrogens is 502 g/mol. The molecule has 0 aliphatic carbocycles. The number of piperidine rings is 1. The van der Waals surface area contributed by atoms with Gasteiger partial charge in [0.25, 0.3) is 5.69 Å². The number of sulfone groups is 1. The maximum atomic E-state index is 13.1. The molecule has 3 aromatic rings. The van der Waals surface area contributed by atoms with Crippen LogP contribution >= 0.6 is 22.9 Å². The van der Waals surface area contributed by atoms with Crippen molar-refractivity contribution in [3.05, 3.63) is 56.9 Å². The number of thiazole rings is 1. The predicted molar refractivity (Wildman–Crippen MR) is 131 cm³/mol. The van der Waals surface area contributed by atoms with Crippen LogP contribution in [-0.4, -0.2) is 50.9 Å². The molecule has 9 nitrogen and oxygen atoms in total. The molecule has 12 heteroatoms. The first-order valence-corrected chi connectivity index (χ1v) is 13.2. The molecule has 0 amide bonds. The van der Waals surface area contributed by atoms with Crippen LogP contribution in [0.5, 0.6) is 11.5 Å². The lowest BCUT2D eigenvalue weighted by Crippen LogP contribution is -2.39. The molecule has 0 saturated carbocycles. The number of benzene rings is 2. The molecule has 0 bridgehead atoms. The molecule has 0 unspecified atom stereocenters. The zero-order valence-electron chi connectivity index (χ0n) is 18.4. The second-order valence-electron chi connectivity index (χ2n) is 7.69. The standard InChI is InChI=1S/C22H22ClN3O6S2/c1-31-20-6-3-14(11-21(20)32-2)18-13-33-22(24-18)25-9-7-15(8-10-25)34(29,30)16-4-5-17(23)19(12-16)26(27)28/h3-6,11-13,15H,7-10H2,1-2H3. The number of nitro benzene ring substituents is 1. The van der Waals surface area contributed by atoms with Gasteiger partial charge in [0.15, 0.2) is 26.5 Å². The van der Waals surface area contributed by atoms with Gasteiger partial charge in [-0.15, -0.1) is 11.3 Å². The minimum absolute atomic E-state index is 0.0768.